The average Bonchev–Trinajstić information content (AvgIpc) is 2.37. The normalized spacial score (nSPS) is 11.7. The third-order valence-electron chi connectivity index (χ3n) is 2.86. The van der Waals surface area contributed by atoms with Gasteiger partial charge in [-0.1, -0.05) is 49.6 Å². The van der Waals surface area contributed by atoms with Gasteiger partial charge < -0.3 is 4.74 Å². The monoisotopic (exact) mass is 274 g/mol. The van der Waals surface area contributed by atoms with Crippen LogP contribution in [0.25, 0.3) is 0 Å². The molecule has 0 bridgehead atoms. The SMILES string of the molecule is FC(F)(F)CCCCCCCOCc1ccccc1. The number of ether oxygens (including phenoxy) is 1. The van der Waals surface area contributed by atoms with E-state index in [1.807, 2.05) is 30.3 Å². The summed E-state index contributed by atoms with van der Waals surface area (Å²) >= 11 is 0. The molecule has 1 nitrogen and oxygen atoms in total. The lowest BCUT2D eigenvalue weighted by atomic mass is 10.1. The lowest BCUT2D eigenvalue weighted by molar-refractivity contribution is -0.135. The van der Waals surface area contributed by atoms with Crippen LogP contribution in [-0.2, 0) is 11.3 Å². The van der Waals surface area contributed by atoms with Gasteiger partial charge in [0.05, 0.1) is 6.61 Å². The van der Waals surface area contributed by atoms with Gasteiger partial charge in [0.25, 0.3) is 0 Å². The molecule has 0 N–H and O–H groups in total. The predicted octanol–water partition coefficient (Wildman–Crippen LogP) is 5.11. The molecule has 0 atom stereocenters. The van der Waals surface area contributed by atoms with Crippen molar-refractivity contribution in [1.29, 1.82) is 0 Å². The highest BCUT2D eigenvalue weighted by molar-refractivity contribution is 5.13. The number of hydrogen-bond donors (Lipinski definition) is 0. The Morgan fingerprint density at radius 3 is 2.16 bits per heavy atom. The minimum atomic E-state index is -4.00. The highest BCUT2D eigenvalue weighted by atomic mass is 19.4. The fraction of sp³-hybridized carbons (Fsp3) is 0.600. The second-order valence-electron chi connectivity index (χ2n) is 4.67. The summed E-state index contributed by atoms with van der Waals surface area (Å²) in [6.45, 7) is 1.28. The third-order valence-corrected chi connectivity index (χ3v) is 2.86. The van der Waals surface area contributed by atoms with E-state index in [9.17, 15) is 13.2 Å². The van der Waals surface area contributed by atoms with E-state index in [4.69, 9.17) is 4.74 Å². The number of unbranched alkanes of at least 4 members (excludes halogenated alkanes) is 4. The summed E-state index contributed by atoms with van der Waals surface area (Å²) in [5, 5.41) is 0. The van der Waals surface area contributed by atoms with Gasteiger partial charge in [0, 0.05) is 13.0 Å². The second-order valence-corrected chi connectivity index (χ2v) is 4.67. The van der Waals surface area contributed by atoms with Gasteiger partial charge in [-0.05, 0) is 18.4 Å². The second kappa shape index (κ2) is 8.97. The molecule has 0 aliphatic rings. The smallest absolute Gasteiger partial charge is 0.377 e. The Morgan fingerprint density at radius 1 is 0.842 bits per heavy atom. The molecule has 0 spiro atoms. The Bertz CT molecular complexity index is 322. The quantitative estimate of drug-likeness (QED) is 0.569. The van der Waals surface area contributed by atoms with Gasteiger partial charge in [-0.3, -0.25) is 0 Å². The van der Waals surface area contributed by atoms with Gasteiger partial charge in [-0.15, -0.1) is 0 Å². The molecule has 0 radical (unpaired) electrons. The zero-order valence-corrected chi connectivity index (χ0v) is 11.1. The van der Waals surface area contributed by atoms with Crippen molar-refractivity contribution < 1.29 is 17.9 Å². The van der Waals surface area contributed by atoms with Crippen LogP contribution in [0.5, 0.6) is 0 Å². The lowest BCUT2D eigenvalue weighted by Crippen LogP contribution is -2.06. The molecule has 0 fully saturated rings. The average molecular weight is 274 g/mol. The Hall–Kier alpha value is -1.03. The van der Waals surface area contributed by atoms with Crippen molar-refractivity contribution >= 4 is 0 Å². The van der Waals surface area contributed by atoms with E-state index in [1.54, 1.807) is 0 Å². The Balaban J connectivity index is 1.87. The number of rotatable bonds is 9. The van der Waals surface area contributed by atoms with E-state index >= 15 is 0 Å². The standard InChI is InChI=1S/C15H21F3O/c16-15(17,18)11-7-2-1-3-8-12-19-13-14-9-5-4-6-10-14/h4-6,9-10H,1-3,7-8,11-13H2. The van der Waals surface area contributed by atoms with Gasteiger partial charge >= 0.3 is 6.18 Å². The van der Waals surface area contributed by atoms with E-state index in [2.05, 4.69) is 0 Å². The molecule has 0 aliphatic heterocycles. The van der Waals surface area contributed by atoms with Crippen LogP contribution in [0.3, 0.4) is 0 Å². The fourth-order valence-corrected chi connectivity index (χ4v) is 1.82. The molecule has 1 rings (SSSR count). The zero-order chi connectivity index (χ0) is 14.0. The maximum atomic E-state index is 11.9. The fourth-order valence-electron chi connectivity index (χ4n) is 1.82. The van der Waals surface area contributed by atoms with Crippen LogP contribution in [0.4, 0.5) is 13.2 Å². The minimum absolute atomic E-state index is 0.244. The molecule has 0 amide bonds. The maximum Gasteiger partial charge on any atom is 0.389 e. The van der Waals surface area contributed by atoms with E-state index < -0.39 is 12.6 Å². The molecule has 0 unspecified atom stereocenters. The molecular weight excluding hydrogens is 253 g/mol. The van der Waals surface area contributed by atoms with Crippen LogP contribution in [0.15, 0.2) is 30.3 Å². The van der Waals surface area contributed by atoms with Crippen LogP contribution in [-0.4, -0.2) is 12.8 Å². The van der Waals surface area contributed by atoms with Crippen LogP contribution >= 0.6 is 0 Å². The molecule has 19 heavy (non-hydrogen) atoms. The number of hydrogen-bond acceptors (Lipinski definition) is 1. The predicted molar refractivity (Wildman–Crippen MR) is 69.9 cm³/mol. The summed E-state index contributed by atoms with van der Waals surface area (Å²) in [4.78, 5) is 0. The first kappa shape index (κ1) is 16.0. The number of halogens is 3. The van der Waals surface area contributed by atoms with Crippen LogP contribution in [0, 0.1) is 0 Å². The van der Waals surface area contributed by atoms with Crippen molar-refractivity contribution in [1.82, 2.24) is 0 Å². The van der Waals surface area contributed by atoms with Crippen molar-refractivity contribution in [3.8, 4) is 0 Å². The van der Waals surface area contributed by atoms with E-state index in [0.29, 0.717) is 19.6 Å². The first-order valence-corrected chi connectivity index (χ1v) is 6.76. The number of benzene rings is 1. The molecule has 4 heteroatoms. The Morgan fingerprint density at radius 2 is 1.47 bits per heavy atom. The van der Waals surface area contributed by atoms with Crippen LogP contribution < -0.4 is 0 Å². The van der Waals surface area contributed by atoms with Crippen molar-refractivity contribution in [2.45, 2.75) is 51.3 Å². The first-order valence-electron chi connectivity index (χ1n) is 6.76. The molecule has 1 aromatic rings. The molecule has 0 heterocycles. The third kappa shape index (κ3) is 9.54. The zero-order valence-electron chi connectivity index (χ0n) is 11.1. The summed E-state index contributed by atoms with van der Waals surface area (Å²) in [6.07, 6.45) is -1.06. The van der Waals surface area contributed by atoms with Crippen molar-refractivity contribution in [2.75, 3.05) is 6.61 Å². The van der Waals surface area contributed by atoms with E-state index in [1.165, 1.54) is 0 Å². The largest absolute Gasteiger partial charge is 0.389 e. The first-order chi connectivity index (χ1) is 9.08. The van der Waals surface area contributed by atoms with Crippen molar-refractivity contribution in [3.63, 3.8) is 0 Å². The maximum absolute atomic E-state index is 11.9. The van der Waals surface area contributed by atoms with Gasteiger partial charge in [-0.25, -0.2) is 0 Å². The summed E-state index contributed by atoms with van der Waals surface area (Å²) in [5.74, 6) is 0. The van der Waals surface area contributed by atoms with Crippen molar-refractivity contribution in [3.05, 3.63) is 35.9 Å². The summed E-state index contributed by atoms with van der Waals surface area (Å²) in [7, 11) is 0. The lowest BCUT2D eigenvalue weighted by Gasteiger charge is -2.06. The topological polar surface area (TPSA) is 9.23 Å². The van der Waals surface area contributed by atoms with Gasteiger partial charge in [0.15, 0.2) is 0 Å². The summed E-state index contributed by atoms with van der Waals surface area (Å²) in [6, 6.07) is 9.93. The molecule has 108 valence electrons. The summed E-state index contributed by atoms with van der Waals surface area (Å²) in [5.41, 5.74) is 1.15. The van der Waals surface area contributed by atoms with Gasteiger partial charge in [0.2, 0.25) is 0 Å². The van der Waals surface area contributed by atoms with Crippen LogP contribution in [0.2, 0.25) is 0 Å². The Kier molecular flexibility index (Phi) is 7.56. The molecule has 1 aromatic carbocycles. The Labute approximate surface area is 112 Å². The van der Waals surface area contributed by atoms with Gasteiger partial charge in [0.1, 0.15) is 0 Å². The molecule has 0 aliphatic carbocycles. The highest BCUT2D eigenvalue weighted by Crippen LogP contribution is 2.22. The molecule has 0 saturated heterocycles. The molecule has 0 aromatic heterocycles. The molecular formula is C15H21F3O. The molecule has 0 saturated carbocycles. The minimum Gasteiger partial charge on any atom is -0.377 e. The van der Waals surface area contributed by atoms with Gasteiger partial charge in [-0.2, -0.15) is 13.2 Å². The number of alkyl halides is 3. The van der Waals surface area contributed by atoms with Crippen molar-refractivity contribution in [2.24, 2.45) is 0 Å². The van der Waals surface area contributed by atoms with Crippen LogP contribution in [0.1, 0.15) is 44.1 Å². The van der Waals surface area contributed by atoms with E-state index in [-0.39, 0.29) is 6.42 Å². The van der Waals surface area contributed by atoms with E-state index in [0.717, 1.165) is 24.8 Å². The summed E-state index contributed by atoms with van der Waals surface area (Å²) < 4.78 is 41.1. The highest BCUT2D eigenvalue weighted by Gasteiger charge is 2.25.